The summed E-state index contributed by atoms with van der Waals surface area (Å²) in [5, 5.41) is 3.79. The number of fused-ring (bicyclic) bond motifs is 5. The fraction of sp³-hybridized carbons (Fsp3) is 0.0435. The molecule has 6 heteroatoms. The van der Waals surface area contributed by atoms with E-state index in [0.29, 0.717) is 45.0 Å². The number of hydrogen-bond donors (Lipinski definition) is 1. The highest BCUT2D eigenvalue weighted by Crippen LogP contribution is 2.45. The molecule has 1 aliphatic carbocycles. The second-order valence-corrected chi connectivity index (χ2v) is 6.72. The molecule has 0 saturated carbocycles. The number of nitrogens with one attached hydrogen (secondary N) is 1. The Balaban J connectivity index is 1.77. The molecule has 1 aliphatic rings. The van der Waals surface area contributed by atoms with Crippen LogP contribution in [0.4, 0.5) is 20.3 Å². The second kappa shape index (κ2) is 6.38. The van der Waals surface area contributed by atoms with Crippen molar-refractivity contribution in [3.05, 3.63) is 83.4 Å². The highest BCUT2D eigenvalue weighted by atomic mass is 19.2. The van der Waals surface area contributed by atoms with Gasteiger partial charge in [-0.15, -0.1) is 0 Å². The van der Waals surface area contributed by atoms with Gasteiger partial charge in [-0.1, -0.05) is 18.2 Å². The minimum Gasteiger partial charge on any atom is -0.497 e. The number of nitrogens with zero attached hydrogens (tertiary/aromatic N) is 1. The Bertz CT molecular complexity index is 1320. The lowest BCUT2D eigenvalue weighted by Crippen LogP contribution is -2.02. The Morgan fingerprint density at radius 1 is 0.897 bits per heavy atom. The van der Waals surface area contributed by atoms with Gasteiger partial charge < -0.3 is 10.1 Å². The zero-order valence-electron chi connectivity index (χ0n) is 15.3. The van der Waals surface area contributed by atoms with Gasteiger partial charge in [-0.2, -0.15) is 0 Å². The van der Waals surface area contributed by atoms with Crippen molar-refractivity contribution < 1.29 is 18.3 Å². The first-order valence-electron chi connectivity index (χ1n) is 8.95. The fourth-order valence-corrected chi connectivity index (χ4v) is 3.70. The van der Waals surface area contributed by atoms with Gasteiger partial charge in [0.15, 0.2) is 17.4 Å². The molecular weight excluding hydrogens is 374 g/mol. The summed E-state index contributed by atoms with van der Waals surface area (Å²) >= 11 is 0. The van der Waals surface area contributed by atoms with E-state index in [1.807, 2.05) is 30.3 Å². The number of anilines is 2. The molecule has 1 N–H and O–H groups in total. The standard InChI is InChI=1S/C23H14F2N2O2/c1-29-13-7-8-14-16(11-13)22(28)20-15-4-2-3-5-19(15)27-23(21(14)20)26-12-6-9-17(24)18(25)10-12/h2-11H,1H3,(H,26,27). The number of pyridine rings is 1. The molecular formula is C23H14F2N2O2. The van der Waals surface area contributed by atoms with E-state index in [1.165, 1.54) is 6.07 Å². The van der Waals surface area contributed by atoms with Gasteiger partial charge in [-0.25, -0.2) is 13.8 Å². The maximum atomic E-state index is 13.7. The maximum absolute atomic E-state index is 13.7. The quantitative estimate of drug-likeness (QED) is 0.445. The minimum atomic E-state index is -0.964. The Labute approximate surface area is 164 Å². The molecule has 1 aromatic heterocycles. The molecule has 0 spiro atoms. The molecule has 4 aromatic rings. The summed E-state index contributed by atoms with van der Waals surface area (Å²) in [6.07, 6.45) is 0. The topological polar surface area (TPSA) is 51.2 Å². The van der Waals surface area contributed by atoms with Crippen molar-refractivity contribution >= 4 is 28.2 Å². The lowest BCUT2D eigenvalue weighted by atomic mass is 10.0. The number of ketones is 1. The molecule has 0 radical (unpaired) electrons. The summed E-state index contributed by atoms with van der Waals surface area (Å²) in [6.45, 7) is 0. The smallest absolute Gasteiger partial charge is 0.195 e. The monoisotopic (exact) mass is 388 g/mol. The van der Waals surface area contributed by atoms with Crippen LogP contribution in [0.15, 0.2) is 60.7 Å². The van der Waals surface area contributed by atoms with Crippen molar-refractivity contribution in [3.8, 4) is 16.9 Å². The second-order valence-electron chi connectivity index (χ2n) is 6.72. The Morgan fingerprint density at radius 2 is 1.72 bits per heavy atom. The summed E-state index contributed by atoms with van der Waals surface area (Å²) in [5.41, 5.74) is 3.37. The predicted molar refractivity (Wildman–Crippen MR) is 107 cm³/mol. The van der Waals surface area contributed by atoms with Crippen LogP contribution >= 0.6 is 0 Å². The van der Waals surface area contributed by atoms with E-state index in [2.05, 4.69) is 10.3 Å². The highest BCUT2D eigenvalue weighted by molar-refractivity contribution is 6.28. The molecule has 0 amide bonds. The Morgan fingerprint density at radius 3 is 2.52 bits per heavy atom. The third-order valence-corrected chi connectivity index (χ3v) is 5.04. The van der Waals surface area contributed by atoms with Crippen molar-refractivity contribution in [1.82, 2.24) is 4.98 Å². The molecule has 0 bridgehead atoms. The van der Waals surface area contributed by atoms with E-state index >= 15 is 0 Å². The highest BCUT2D eigenvalue weighted by Gasteiger charge is 2.32. The van der Waals surface area contributed by atoms with Crippen LogP contribution in [-0.2, 0) is 0 Å². The van der Waals surface area contributed by atoms with Crippen molar-refractivity contribution in [3.63, 3.8) is 0 Å². The number of rotatable bonds is 3. The van der Waals surface area contributed by atoms with E-state index in [1.54, 1.807) is 19.2 Å². The number of halogens is 2. The van der Waals surface area contributed by atoms with Crippen LogP contribution in [0.3, 0.4) is 0 Å². The molecule has 29 heavy (non-hydrogen) atoms. The van der Waals surface area contributed by atoms with Gasteiger partial charge in [-0.05, 0) is 42.0 Å². The summed E-state index contributed by atoms with van der Waals surface area (Å²) in [4.78, 5) is 17.9. The summed E-state index contributed by atoms with van der Waals surface area (Å²) in [6, 6.07) is 16.2. The minimum absolute atomic E-state index is 0.124. The molecule has 142 valence electrons. The first kappa shape index (κ1) is 17.3. The maximum Gasteiger partial charge on any atom is 0.195 e. The first-order chi connectivity index (χ1) is 14.1. The molecule has 4 nitrogen and oxygen atoms in total. The van der Waals surface area contributed by atoms with Gasteiger partial charge in [0.2, 0.25) is 0 Å². The van der Waals surface area contributed by atoms with Crippen LogP contribution in [0, 0.1) is 11.6 Å². The number of ether oxygens (including phenoxy) is 1. The molecule has 3 aromatic carbocycles. The molecule has 5 rings (SSSR count). The van der Waals surface area contributed by atoms with Gasteiger partial charge in [0.05, 0.1) is 12.6 Å². The number of methoxy groups -OCH3 is 1. The number of para-hydroxylation sites is 1. The van der Waals surface area contributed by atoms with Crippen molar-refractivity contribution in [2.24, 2.45) is 0 Å². The summed E-state index contributed by atoms with van der Waals surface area (Å²) in [7, 11) is 1.54. The fourth-order valence-electron chi connectivity index (χ4n) is 3.70. The predicted octanol–water partition coefficient (Wildman–Crippen LogP) is 5.48. The molecule has 0 atom stereocenters. The van der Waals surface area contributed by atoms with Crippen LogP contribution in [-0.4, -0.2) is 17.9 Å². The number of hydrogen-bond acceptors (Lipinski definition) is 4. The van der Waals surface area contributed by atoms with Crippen LogP contribution in [0.5, 0.6) is 5.75 Å². The van der Waals surface area contributed by atoms with E-state index in [-0.39, 0.29) is 5.78 Å². The van der Waals surface area contributed by atoms with E-state index < -0.39 is 11.6 Å². The Kier molecular flexibility index (Phi) is 3.81. The lowest BCUT2D eigenvalue weighted by Gasteiger charge is -2.13. The van der Waals surface area contributed by atoms with Crippen molar-refractivity contribution in [1.29, 1.82) is 0 Å². The third kappa shape index (κ3) is 2.64. The van der Waals surface area contributed by atoms with Crippen LogP contribution in [0.25, 0.3) is 22.0 Å². The average molecular weight is 388 g/mol. The molecule has 0 fully saturated rings. The SMILES string of the molecule is COc1ccc2c(c1)C(=O)c1c-2c(Nc2ccc(F)c(F)c2)nc2ccccc12. The lowest BCUT2D eigenvalue weighted by molar-refractivity contribution is 0.104. The van der Waals surface area contributed by atoms with Gasteiger partial charge in [0.1, 0.15) is 11.6 Å². The van der Waals surface area contributed by atoms with E-state index in [9.17, 15) is 13.6 Å². The van der Waals surface area contributed by atoms with Crippen LogP contribution < -0.4 is 10.1 Å². The van der Waals surface area contributed by atoms with E-state index in [4.69, 9.17) is 4.74 Å². The molecule has 0 aliphatic heterocycles. The molecule has 0 unspecified atom stereocenters. The average Bonchev–Trinajstić information content (AvgIpc) is 3.03. The van der Waals surface area contributed by atoms with Crippen molar-refractivity contribution in [2.75, 3.05) is 12.4 Å². The largest absolute Gasteiger partial charge is 0.497 e. The number of benzene rings is 3. The number of aromatic nitrogens is 1. The normalized spacial score (nSPS) is 12.0. The molecule has 0 saturated heterocycles. The van der Waals surface area contributed by atoms with Gasteiger partial charge in [0, 0.05) is 33.8 Å². The summed E-state index contributed by atoms with van der Waals surface area (Å²) < 4.78 is 32.3. The van der Waals surface area contributed by atoms with Crippen LogP contribution in [0.2, 0.25) is 0 Å². The van der Waals surface area contributed by atoms with Gasteiger partial charge in [-0.3, -0.25) is 4.79 Å². The number of carbonyl (C=O) groups is 1. The van der Waals surface area contributed by atoms with Gasteiger partial charge in [0.25, 0.3) is 0 Å². The summed E-state index contributed by atoms with van der Waals surface area (Å²) in [5.74, 6) is -1.03. The first-order valence-corrected chi connectivity index (χ1v) is 8.95. The Hall–Kier alpha value is -3.80. The van der Waals surface area contributed by atoms with Gasteiger partial charge >= 0.3 is 0 Å². The zero-order chi connectivity index (χ0) is 20.1. The zero-order valence-corrected chi connectivity index (χ0v) is 15.3. The third-order valence-electron chi connectivity index (χ3n) is 5.04. The molecule has 1 heterocycles. The van der Waals surface area contributed by atoms with E-state index in [0.717, 1.165) is 17.5 Å². The van der Waals surface area contributed by atoms with Crippen molar-refractivity contribution in [2.45, 2.75) is 0 Å². The van der Waals surface area contributed by atoms with Crippen LogP contribution in [0.1, 0.15) is 15.9 Å². The number of carbonyl (C=O) groups excluding carboxylic acids is 1.